The second kappa shape index (κ2) is 9.74. The van der Waals surface area contributed by atoms with Gasteiger partial charge in [-0.2, -0.15) is 13.2 Å². The minimum absolute atomic E-state index is 0.176. The number of hydrogen-bond acceptors (Lipinski definition) is 4. The number of likely N-dealkylation sites (tertiary alicyclic amines) is 2. The Morgan fingerprint density at radius 1 is 1.20 bits per heavy atom. The van der Waals surface area contributed by atoms with E-state index in [0.717, 1.165) is 32.3 Å². The summed E-state index contributed by atoms with van der Waals surface area (Å²) in [7, 11) is 3.92. The normalized spacial score (nSPS) is 21.3. The number of alkyl halides is 3. The number of methoxy groups -OCH3 is 1. The molecule has 1 spiro atoms. The Kier molecular flexibility index (Phi) is 7.81. The molecule has 2 fully saturated rings. The van der Waals surface area contributed by atoms with Gasteiger partial charge in [0, 0.05) is 31.8 Å². The molecule has 0 radical (unpaired) electrons. The number of piperidine rings is 1. The predicted molar refractivity (Wildman–Crippen MR) is 101 cm³/mol. The van der Waals surface area contributed by atoms with Crippen molar-refractivity contribution in [3.05, 3.63) is 35.6 Å². The van der Waals surface area contributed by atoms with Crippen molar-refractivity contribution < 1.29 is 37.0 Å². The van der Waals surface area contributed by atoms with Gasteiger partial charge in [0.25, 0.3) is 5.91 Å². The minimum Gasteiger partial charge on any atom is -0.475 e. The molecule has 2 saturated heterocycles. The lowest BCUT2D eigenvalue weighted by Gasteiger charge is -2.45. The van der Waals surface area contributed by atoms with E-state index in [-0.39, 0.29) is 17.0 Å². The lowest BCUT2D eigenvalue weighted by Crippen LogP contribution is -2.54. The van der Waals surface area contributed by atoms with Crippen LogP contribution in [0.2, 0.25) is 0 Å². The van der Waals surface area contributed by atoms with Gasteiger partial charge in [-0.3, -0.25) is 9.69 Å². The maximum Gasteiger partial charge on any atom is 0.490 e. The van der Waals surface area contributed by atoms with Crippen molar-refractivity contribution in [2.24, 2.45) is 0 Å². The topological polar surface area (TPSA) is 70.1 Å². The van der Waals surface area contributed by atoms with Crippen molar-refractivity contribution in [2.75, 3.05) is 33.9 Å². The number of aliphatic carboxylic acids is 1. The van der Waals surface area contributed by atoms with Crippen molar-refractivity contribution in [3.63, 3.8) is 0 Å². The summed E-state index contributed by atoms with van der Waals surface area (Å²) in [6.07, 6.45) is -0.890. The molecule has 1 atom stereocenters. The van der Waals surface area contributed by atoms with Crippen molar-refractivity contribution >= 4 is 11.9 Å². The number of carboxylic acid groups (broad SMARTS) is 1. The van der Waals surface area contributed by atoms with Crippen LogP contribution in [0.25, 0.3) is 0 Å². The van der Waals surface area contributed by atoms with Crippen LogP contribution in [0.1, 0.15) is 36.0 Å². The van der Waals surface area contributed by atoms with Gasteiger partial charge in [-0.15, -0.1) is 0 Å². The number of benzene rings is 1. The third-order valence-electron chi connectivity index (χ3n) is 5.93. The number of halogens is 4. The average molecular weight is 434 g/mol. The van der Waals surface area contributed by atoms with Crippen molar-refractivity contribution in [1.29, 1.82) is 0 Å². The SMILES string of the molecule is COCC1CCC2(CCN(C(=O)c3ccccc3F)CC2)N1C.O=C(O)C(F)(F)F. The highest BCUT2D eigenvalue weighted by Gasteiger charge is 2.46. The van der Waals surface area contributed by atoms with E-state index in [4.69, 9.17) is 14.6 Å². The molecule has 1 amide bonds. The fraction of sp³-hybridized carbons (Fsp3) is 0.600. The summed E-state index contributed by atoms with van der Waals surface area (Å²) in [5, 5.41) is 7.12. The van der Waals surface area contributed by atoms with Crippen LogP contribution in [0.4, 0.5) is 17.6 Å². The summed E-state index contributed by atoms with van der Waals surface area (Å²) in [6, 6.07) is 6.70. The summed E-state index contributed by atoms with van der Waals surface area (Å²) in [6.45, 7) is 2.14. The number of carbonyl (C=O) groups excluding carboxylic acids is 1. The lowest BCUT2D eigenvalue weighted by molar-refractivity contribution is -0.192. The van der Waals surface area contributed by atoms with Crippen LogP contribution >= 0.6 is 0 Å². The number of ether oxygens (including phenoxy) is 1. The maximum absolute atomic E-state index is 13.8. The molecular weight excluding hydrogens is 408 g/mol. The summed E-state index contributed by atoms with van der Waals surface area (Å²) < 4.78 is 50.9. The largest absolute Gasteiger partial charge is 0.490 e. The zero-order chi connectivity index (χ0) is 22.5. The molecule has 30 heavy (non-hydrogen) atoms. The fourth-order valence-corrected chi connectivity index (χ4v) is 4.11. The van der Waals surface area contributed by atoms with Gasteiger partial charge in [0.2, 0.25) is 0 Å². The highest BCUT2D eigenvalue weighted by Crippen LogP contribution is 2.40. The Labute approximate surface area is 172 Å². The van der Waals surface area contributed by atoms with Gasteiger partial charge < -0.3 is 14.7 Å². The van der Waals surface area contributed by atoms with Gasteiger partial charge >= 0.3 is 12.1 Å². The molecule has 0 saturated carbocycles. The first-order valence-electron chi connectivity index (χ1n) is 9.57. The summed E-state index contributed by atoms with van der Waals surface area (Å²) in [4.78, 5) is 25.7. The standard InChI is InChI=1S/C18H25FN2O2.C2HF3O2/c1-20-14(13-23-2)7-8-18(20)9-11-21(12-10-18)17(22)15-5-3-4-6-16(15)19;3-2(4,5)1(6)7/h3-6,14H,7-13H2,1-2H3;(H,6,7). The predicted octanol–water partition coefficient (Wildman–Crippen LogP) is 3.17. The molecule has 0 bridgehead atoms. The van der Waals surface area contributed by atoms with Crippen LogP contribution in [0.15, 0.2) is 24.3 Å². The molecule has 0 aliphatic carbocycles. The van der Waals surface area contributed by atoms with E-state index >= 15 is 0 Å². The maximum atomic E-state index is 13.8. The van der Waals surface area contributed by atoms with Crippen LogP contribution in [0.3, 0.4) is 0 Å². The van der Waals surface area contributed by atoms with E-state index < -0.39 is 18.0 Å². The molecule has 3 rings (SSSR count). The smallest absolute Gasteiger partial charge is 0.475 e. The fourth-order valence-electron chi connectivity index (χ4n) is 4.11. The van der Waals surface area contributed by atoms with E-state index in [1.54, 1.807) is 30.2 Å². The third-order valence-corrected chi connectivity index (χ3v) is 5.93. The zero-order valence-electron chi connectivity index (χ0n) is 16.9. The Morgan fingerprint density at radius 3 is 2.27 bits per heavy atom. The molecule has 1 aromatic carbocycles. The van der Waals surface area contributed by atoms with Crippen molar-refractivity contribution in [2.45, 2.75) is 43.4 Å². The second-order valence-electron chi connectivity index (χ2n) is 7.56. The first kappa shape index (κ1) is 24.1. The number of nitrogens with zero attached hydrogens (tertiary/aromatic N) is 2. The van der Waals surface area contributed by atoms with Crippen LogP contribution in [0, 0.1) is 5.82 Å². The Balaban J connectivity index is 0.000000396. The first-order valence-corrected chi connectivity index (χ1v) is 9.57. The van der Waals surface area contributed by atoms with E-state index in [9.17, 15) is 22.4 Å². The monoisotopic (exact) mass is 434 g/mol. The molecule has 1 aromatic rings. The van der Waals surface area contributed by atoms with Gasteiger partial charge in [-0.25, -0.2) is 9.18 Å². The summed E-state index contributed by atoms with van der Waals surface area (Å²) >= 11 is 0. The van der Waals surface area contributed by atoms with E-state index in [0.29, 0.717) is 19.1 Å². The number of amides is 1. The first-order chi connectivity index (χ1) is 14.0. The highest BCUT2D eigenvalue weighted by atomic mass is 19.4. The van der Waals surface area contributed by atoms with E-state index in [1.165, 1.54) is 6.07 Å². The molecule has 0 aromatic heterocycles. The molecule has 10 heteroatoms. The van der Waals surface area contributed by atoms with Gasteiger partial charge in [0.15, 0.2) is 0 Å². The van der Waals surface area contributed by atoms with Gasteiger partial charge in [-0.05, 0) is 44.9 Å². The average Bonchev–Trinajstić information content (AvgIpc) is 2.98. The molecule has 2 heterocycles. The Hall–Kier alpha value is -2.20. The number of carboxylic acids is 1. The number of rotatable bonds is 3. The summed E-state index contributed by atoms with van der Waals surface area (Å²) in [5.74, 6) is -3.38. The number of likely N-dealkylation sites (N-methyl/N-ethyl adjacent to an activating group) is 1. The summed E-state index contributed by atoms with van der Waals surface area (Å²) in [5.41, 5.74) is 0.357. The third kappa shape index (κ3) is 5.48. The van der Waals surface area contributed by atoms with Crippen LogP contribution in [-0.2, 0) is 9.53 Å². The van der Waals surface area contributed by atoms with Crippen molar-refractivity contribution in [1.82, 2.24) is 9.80 Å². The molecule has 2 aliphatic heterocycles. The molecular formula is C20H26F4N2O4. The Morgan fingerprint density at radius 2 is 1.77 bits per heavy atom. The molecule has 6 nitrogen and oxygen atoms in total. The van der Waals surface area contributed by atoms with Gasteiger partial charge in [-0.1, -0.05) is 12.1 Å². The van der Waals surface area contributed by atoms with Gasteiger partial charge in [0.1, 0.15) is 5.82 Å². The zero-order valence-corrected chi connectivity index (χ0v) is 16.9. The Bertz CT molecular complexity index is 749. The van der Waals surface area contributed by atoms with E-state index in [1.807, 2.05) is 0 Å². The van der Waals surface area contributed by atoms with Crippen LogP contribution < -0.4 is 0 Å². The van der Waals surface area contributed by atoms with E-state index in [2.05, 4.69) is 11.9 Å². The number of carbonyl (C=O) groups is 2. The highest BCUT2D eigenvalue weighted by molar-refractivity contribution is 5.94. The van der Waals surface area contributed by atoms with Crippen LogP contribution in [0.5, 0.6) is 0 Å². The second-order valence-corrected chi connectivity index (χ2v) is 7.56. The van der Waals surface area contributed by atoms with Gasteiger partial charge in [0.05, 0.1) is 12.2 Å². The minimum atomic E-state index is -5.08. The van der Waals surface area contributed by atoms with Crippen LogP contribution in [-0.4, -0.2) is 78.4 Å². The molecule has 2 aliphatic rings. The quantitative estimate of drug-likeness (QED) is 0.741. The molecule has 168 valence electrons. The number of hydrogen-bond donors (Lipinski definition) is 1. The lowest BCUT2D eigenvalue weighted by atomic mass is 9.85. The molecule has 1 N–H and O–H groups in total. The van der Waals surface area contributed by atoms with Crippen molar-refractivity contribution in [3.8, 4) is 0 Å². The molecule has 1 unspecified atom stereocenters.